The second-order valence-electron chi connectivity index (χ2n) is 4.48. The van der Waals surface area contributed by atoms with Crippen LogP contribution >= 0.6 is 0 Å². The Morgan fingerprint density at radius 3 is 2.56 bits per heavy atom. The smallest absolute Gasteiger partial charge is 0.257 e. The van der Waals surface area contributed by atoms with Crippen LogP contribution in [-0.2, 0) is 6.54 Å². The molecule has 1 aromatic carbocycles. The Kier molecular flexibility index (Phi) is 3.21. The van der Waals surface area contributed by atoms with Crippen LogP contribution in [0.2, 0.25) is 0 Å². The number of rotatable bonds is 3. The second kappa shape index (κ2) is 4.47. The third-order valence-corrected chi connectivity index (χ3v) is 3.10. The van der Waals surface area contributed by atoms with Gasteiger partial charge < -0.3 is 5.73 Å². The van der Waals surface area contributed by atoms with Crippen molar-refractivity contribution < 1.29 is 8.78 Å². The van der Waals surface area contributed by atoms with E-state index in [9.17, 15) is 8.78 Å². The van der Waals surface area contributed by atoms with Gasteiger partial charge >= 0.3 is 0 Å². The van der Waals surface area contributed by atoms with Crippen LogP contribution in [0.4, 0.5) is 8.78 Å². The summed E-state index contributed by atoms with van der Waals surface area (Å²) < 4.78 is 25.4. The molecular formula is C12H16F2N2. The van der Waals surface area contributed by atoms with E-state index >= 15 is 0 Å². The highest BCUT2D eigenvalue weighted by molar-refractivity contribution is 5.15. The molecule has 2 rings (SSSR count). The molecular weight excluding hydrogens is 210 g/mol. The molecule has 1 atom stereocenters. The van der Waals surface area contributed by atoms with Gasteiger partial charge in [-0.25, -0.2) is 8.78 Å². The van der Waals surface area contributed by atoms with Gasteiger partial charge in [0.15, 0.2) is 0 Å². The molecule has 0 aromatic heterocycles. The normalized spacial score (nSPS) is 26.5. The van der Waals surface area contributed by atoms with Gasteiger partial charge in [-0.2, -0.15) is 0 Å². The first-order valence-electron chi connectivity index (χ1n) is 5.43. The molecule has 1 aliphatic rings. The number of hydrogen-bond donors (Lipinski definition) is 1. The molecule has 2 nitrogen and oxygen atoms in total. The van der Waals surface area contributed by atoms with Crippen molar-refractivity contribution in [3.05, 3.63) is 35.9 Å². The number of likely N-dealkylation sites (tertiary alicyclic amines) is 1. The van der Waals surface area contributed by atoms with Gasteiger partial charge in [-0.05, 0) is 12.0 Å². The lowest BCUT2D eigenvalue weighted by Crippen LogP contribution is -2.49. The first kappa shape index (κ1) is 11.5. The summed E-state index contributed by atoms with van der Waals surface area (Å²) in [6.45, 7) is 1.63. The summed E-state index contributed by atoms with van der Waals surface area (Å²) in [6, 6.07) is 9.85. The quantitative estimate of drug-likeness (QED) is 0.852. The van der Waals surface area contributed by atoms with Gasteiger partial charge in [-0.15, -0.1) is 0 Å². The van der Waals surface area contributed by atoms with Gasteiger partial charge in [0.25, 0.3) is 6.43 Å². The van der Waals surface area contributed by atoms with E-state index in [1.54, 1.807) is 0 Å². The molecule has 1 unspecified atom stereocenters. The molecule has 1 fully saturated rings. The van der Waals surface area contributed by atoms with E-state index in [0.29, 0.717) is 19.5 Å². The minimum atomic E-state index is -2.44. The number of benzene rings is 1. The molecule has 0 radical (unpaired) electrons. The average Bonchev–Trinajstić information content (AvgIpc) is 2.63. The van der Waals surface area contributed by atoms with Crippen molar-refractivity contribution in [1.82, 2.24) is 4.90 Å². The lowest BCUT2D eigenvalue weighted by atomic mass is 10.0. The lowest BCUT2D eigenvalue weighted by Gasteiger charge is -2.23. The minimum absolute atomic E-state index is 0.277. The molecule has 88 valence electrons. The van der Waals surface area contributed by atoms with Gasteiger partial charge in [-0.3, -0.25) is 4.90 Å². The van der Waals surface area contributed by atoms with Gasteiger partial charge in [0.2, 0.25) is 0 Å². The van der Waals surface area contributed by atoms with Crippen LogP contribution in [0, 0.1) is 0 Å². The van der Waals surface area contributed by atoms with E-state index in [1.807, 2.05) is 35.2 Å². The minimum Gasteiger partial charge on any atom is -0.319 e. The maximum absolute atomic E-state index is 12.7. The third-order valence-electron chi connectivity index (χ3n) is 3.10. The van der Waals surface area contributed by atoms with Crippen LogP contribution in [0.25, 0.3) is 0 Å². The maximum atomic E-state index is 12.7. The van der Waals surface area contributed by atoms with Crippen molar-refractivity contribution in [1.29, 1.82) is 0 Å². The van der Waals surface area contributed by atoms with Crippen molar-refractivity contribution in [2.75, 3.05) is 13.1 Å². The zero-order chi connectivity index (χ0) is 11.6. The number of nitrogens with zero attached hydrogens (tertiary/aromatic N) is 1. The van der Waals surface area contributed by atoms with Crippen molar-refractivity contribution in [3.8, 4) is 0 Å². The van der Waals surface area contributed by atoms with Crippen molar-refractivity contribution in [2.24, 2.45) is 5.73 Å². The van der Waals surface area contributed by atoms with E-state index in [0.717, 1.165) is 5.56 Å². The molecule has 0 spiro atoms. The Labute approximate surface area is 94.0 Å². The van der Waals surface area contributed by atoms with Crippen molar-refractivity contribution >= 4 is 0 Å². The van der Waals surface area contributed by atoms with E-state index in [2.05, 4.69) is 0 Å². The zero-order valence-electron chi connectivity index (χ0n) is 9.07. The summed E-state index contributed by atoms with van der Waals surface area (Å²) >= 11 is 0. The van der Waals surface area contributed by atoms with Gasteiger partial charge in [0.1, 0.15) is 0 Å². The molecule has 1 saturated heterocycles. The molecule has 0 amide bonds. The molecule has 0 saturated carbocycles. The lowest BCUT2D eigenvalue weighted by molar-refractivity contribution is 0.0575. The molecule has 4 heteroatoms. The largest absolute Gasteiger partial charge is 0.319 e. The molecule has 16 heavy (non-hydrogen) atoms. The Morgan fingerprint density at radius 2 is 2.00 bits per heavy atom. The highest BCUT2D eigenvalue weighted by atomic mass is 19.3. The Hall–Kier alpha value is -1.00. The predicted molar refractivity (Wildman–Crippen MR) is 59.3 cm³/mol. The van der Waals surface area contributed by atoms with Crippen molar-refractivity contribution in [2.45, 2.75) is 24.9 Å². The second-order valence-corrected chi connectivity index (χ2v) is 4.48. The van der Waals surface area contributed by atoms with E-state index in [-0.39, 0.29) is 6.54 Å². The fourth-order valence-electron chi connectivity index (χ4n) is 2.10. The van der Waals surface area contributed by atoms with E-state index in [1.165, 1.54) is 0 Å². The van der Waals surface area contributed by atoms with E-state index < -0.39 is 12.0 Å². The predicted octanol–water partition coefficient (Wildman–Crippen LogP) is 1.85. The highest BCUT2D eigenvalue weighted by Gasteiger charge is 2.42. The van der Waals surface area contributed by atoms with Gasteiger partial charge in [-0.1, -0.05) is 30.3 Å². The standard InChI is InChI=1S/C12H16F2N2/c13-11(14)12(15)6-7-16(9-12)8-10-4-2-1-3-5-10/h1-5,11H,6-9,15H2. The van der Waals surface area contributed by atoms with Crippen LogP contribution in [0.15, 0.2) is 30.3 Å². The summed E-state index contributed by atoms with van der Waals surface area (Å²) in [5.74, 6) is 0. The van der Waals surface area contributed by atoms with Crippen molar-refractivity contribution in [3.63, 3.8) is 0 Å². The summed E-state index contributed by atoms with van der Waals surface area (Å²) in [4.78, 5) is 1.99. The SMILES string of the molecule is NC1(C(F)F)CCN(Cc2ccccc2)C1. The summed E-state index contributed by atoms with van der Waals surface area (Å²) in [5.41, 5.74) is 5.48. The topological polar surface area (TPSA) is 29.3 Å². The van der Waals surface area contributed by atoms with Gasteiger partial charge in [0, 0.05) is 19.6 Å². The first-order valence-corrected chi connectivity index (χ1v) is 5.43. The Balaban J connectivity index is 1.95. The van der Waals surface area contributed by atoms with Crippen LogP contribution < -0.4 is 5.73 Å². The summed E-state index contributed by atoms with van der Waals surface area (Å²) in [7, 11) is 0. The zero-order valence-corrected chi connectivity index (χ0v) is 9.07. The maximum Gasteiger partial charge on any atom is 0.257 e. The fourth-order valence-corrected chi connectivity index (χ4v) is 2.10. The average molecular weight is 226 g/mol. The number of nitrogens with two attached hydrogens (primary N) is 1. The number of alkyl halides is 2. The number of hydrogen-bond acceptors (Lipinski definition) is 2. The van der Waals surface area contributed by atoms with E-state index in [4.69, 9.17) is 5.73 Å². The molecule has 2 N–H and O–H groups in total. The fraction of sp³-hybridized carbons (Fsp3) is 0.500. The van der Waals surface area contributed by atoms with Crippen LogP contribution in [0.1, 0.15) is 12.0 Å². The molecule has 1 aliphatic heterocycles. The monoisotopic (exact) mass is 226 g/mol. The van der Waals surface area contributed by atoms with Crippen LogP contribution in [-0.4, -0.2) is 30.0 Å². The highest BCUT2D eigenvalue weighted by Crippen LogP contribution is 2.26. The molecule has 0 aliphatic carbocycles. The number of halogens is 2. The van der Waals surface area contributed by atoms with Crippen LogP contribution in [0.3, 0.4) is 0 Å². The first-order chi connectivity index (χ1) is 7.60. The van der Waals surface area contributed by atoms with Gasteiger partial charge in [0.05, 0.1) is 5.54 Å². The Morgan fingerprint density at radius 1 is 1.31 bits per heavy atom. The Bertz CT molecular complexity index is 342. The summed E-state index contributed by atoms with van der Waals surface area (Å²) in [5, 5.41) is 0. The van der Waals surface area contributed by atoms with Crippen LogP contribution in [0.5, 0.6) is 0 Å². The molecule has 1 heterocycles. The molecule has 1 aromatic rings. The summed E-state index contributed by atoms with van der Waals surface area (Å²) in [6.07, 6.45) is -2.06. The third kappa shape index (κ3) is 2.39. The molecule has 0 bridgehead atoms.